The number of phenolic OH excluding ortho intramolecular Hbond substituents is 1. The van der Waals surface area contributed by atoms with Crippen LogP contribution in [0.25, 0.3) is 0 Å². The van der Waals surface area contributed by atoms with Crippen molar-refractivity contribution in [1.29, 1.82) is 0 Å². The first kappa shape index (κ1) is 10.1. The third-order valence-corrected chi connectivity index (χ3v) is 2.50. The molecule has 0 fully saturated rings. The Kier molecular flexibility index (Phi) is 2.94. The standard InChI is InChI=1S/C11H17NO/c1-7-5-6-8(2)11(13)10(7)9(3)12-4/h5-6,9,12-13H,1-4H3. The van der Waals surface area contributed by atoms with Crippen molar-refractivity contribution < 1.29 is 5.11 Å². The summed E-state index contributed by atoms with van der Waals surface area (Å²) in [4.78, 5) is 0. The van der Waals surface area contributed by atoms with Crippen LogP contribution in [0.3, 0.4) is 0 Å². The lowest BCUT2D eigenvalue weighted by atomic mass is 9.98. The molecule has 2 nitrogen and oxygen atoms in total. The zero-order chi connectivity index (χ0) is 10.0. The molecule has 2 heteroatoms. The number of hydrogen-bond donors (Lipinski definition) is 2. The smallest absolute Gasteiger partial charge is 0.123 e. The van der Waals surface area contributed by atoms with E-state index in [-0.39, 0.29) is 6.04 Å². The fraction of sp³-hybridized carbons (Fsp3) is 0.455. The van der Waals surface area contributed by atoms with Gasteiger partial charge in [-0.25, -0.2) is 0 Å². The largest absolute Gasteiger partial charge is 0.507 e. The molecule has 1 rings (SSSR count). The minimum Gasteiger partial charge on any atom is -0.507 e. The summed E-state index contributed by atoms with van der Waals surface area (Å²) in [6, 6.07) is 4.18. The van der Waals surface area contributed by atoms with Crippen molar-refractivity contribution in [2.75, 3.05) is 7.05 Å². The van der Waals surface area contributed by atoms with E-state index < -0.39 is 0 Å². The second kappa shape index (κ2) is 3.79. The van der Waals surface area contributed by atoms with Crippen LogP contribution in [0.1, 0.15) is 29.7 Å². The minimum atomic E-state index is 0.194. The third-order valence-electron chi connectivity index (χ3n) is 2.50. The molecule has 0 aliphatic heterocycles. The van der Waals surface area contributed by atoms with Crippen molar-refractivity contribution in [2.24, 2.45) is 0 Å². The summed E-state index contributed by atoms with van der Waals surface area (Å²) >= 11 is 0. The van der Waals surface area contributed by atoms with Gasteiger partial charge in [-0.15, -0.1) is 0 Å². The number of aromatic hydroxyl groups is 1. The summed E-state index contributed by atoms with van der Waals surface area (Å²) in [5, 5.41) is 13.0. The molecule has 0 aliphatic carbocycles. The first-order chi connectivity index (χ1) is 6.07. The van der Waals surface area contributed by atoms with Gasteiger partial charge >= 0.3 is 0 Å². The number of nitrogens with one attached hydrogen (secondary N) is 1. The Morgan fingerprint density at radius 1 is 1.23 bits per heavy atom. The van der Waals surface area contributed by atoms with Crippen molar-refractivity contribution in [2.45, 2.75) is 26.8 Å². The van der Waals surface area contributed by atoms with E-state index in [4.69, 9.17) is 0 Å². The first-order valence-electron chi connectivity index (χ1n) is 4.54. The molecule has 0 heterocycles. The summed E-state index contributed by atoms with van der Waals surface area (Å²) in [6.45, 7) is 5.98. The van der Waals surface area contributed by atoms with Crippen LogP contribution in [0.4, 0.5) is 0 Å². The highest BCUT2D eigenvalue weighted by molar-refractivity contribution is 5.46. The number of phenols is 1. The quantitative estimate of drug-likeness (QED) is 0.730. The normalized spacial score (nSPS) is 12.9. The summed E-state index contributed by atoms with van der Waals surface area (Å²) in [5.41, 5.74) is 3.06. The van der Waals surface area contributed by atoms with Crippen LogP contribution in [-0.4, -0.2) is 12.2 Å². The molecule has 0 radical (unpaired) electrons. The molecule has 0 saturated carbocycles. The van der Waals surface area contributed by atoms with Crippen molar-refractivity contribution >= 4 is 0 Å². The molecule has 0 spiro atoms. The molecule has 72 valence electrons. The Hall–Kier alpha value is -1.02. The highest BCUT2D eigenvalue weighted by Gasteiger charge is 2.12. The molecule has 1 unspecified atom stereocenters. The Morgan fingerprint density at radius 2 is 1.77 bits per heavy atom. The molecule has 0 aliphatic rings. The third kappa shape index (κ3) is 1.83. The van der Waals surface area contributed by atoms with E-state index in [0.29, 0.717) is 5.75 Å². The maximum absolute atomic E-state index is 9.84. The molecule has 13 heavy (non-hydrogen) atoms. The van der Waals surface area contributed by atoms with E-state index in [1.165, 1.54) is 0 Å². The Bertz CT molecular complexity index is 307. The lowest BCUT2D eigenvalue weighted by Gasteiger charge is -2.16. The van der Waals surface area contributed by atoms with Gasteiger partial charge in [-0.3, -0.25) is 0 Å². The molecule has 1 atom stereocenters. The monoisotopic (exact) mass is 179 g/mol. The van der Waals surface area contributed by atoms with E-state index in [9.17, 15) is 5.11 Å². The Balaban J connectivity index is 3.25. The molecule has 1 aromatic carbocycles. The maximum Gasteiger partial charge on any atom is 0.123 e. The predicted octanol–water partition coefficient (Wildman–Crippen LogP) is 2.29. The predicted molar refractivity (Wildman–Crippen MR) is 55.1 cm³/mol. The molecule has 0 saturated heterocycles. The Morgan fingerprint density at radius 3 is 2.31 bits per heavy atom. The molecule has 0 bridgehead atoms. The fourth-order valence-electron chi connectivity index (χ4n) is 1.51. The average Bonchev–Trinajstić information content (AvgIpc) is 2.12. The zero-order valence-corrected chi connectivity index (χ0v) is 8.68. The summed E-state index contributed by atoms with van der Waals surface area (Å²) in [5.74, 6) is 0.418. The topological polar surface area (TPSA) is 32.3 Å². The van der Waals surface area contributed by atoms with E-state index in [1.54, 1.807) is 0 Å². The Labute approximate surface area is 79.6 Å². The second-order valence-corrected chi connectivity index (χ2v) is 3.47. The van der Waals surface area contributed by atoms with Gasteiger partial charge in [0.05, 0.1) is 0 Å². The second-order valence-electron chi connectivity index (χ2n) is 3.47. The van der Waals surface area contributed by atoms with Gasteiger partial charge in [0.1, 0.15) is 5.75 Å². The van der Waals surface area contributed by atoms with Gasteiger partial charge < -0.3 is 10.4 Å². The van der Waals surface area contributed by atoms with E-state index in [1.807, 2.05) is 40.0 Å². The molecular weight excluding hydrogens is 162 g/mol. The summed E-state index contributed by atoms with van der Waals surface area (Å²) in [6.07, 6.45) is 0. The van der Waals surface area contributed by atoms with Crippen molar-refractivity contribution in [3.63, 3.8) is 0 Å². The van der Waals surface area contributed by atoms with Gasteiger partial charge in [-0.1, -0.05) is 12.1 Å². The highest BCUT2D eigenvalue weighted by atomic mass is 16.3. The zero-order valence-electron chi connectivity index (χ0n) is 8.68. The number of benzene rings is 1. The van der Waals surface area contributed by atoms with Crippen LogP contribution in [0.2, 0.25) is 0 Å². The van der Waals surface area contributed by atoms with Gasteiger partial charge in [-0.05, 0) is 38.9 Å². The molecule has 2 N–H and O–H groups in total. The highest BCUT2D eigenvalue weighted by Crippen LogP contribution is 2.30. The number of rotatable bonds is 2. The van der Waals surface area contributed by atoms with Gasteiger partial charge in [0.15, 0.2) is 0 Å². The SMILES string of the molecule is CNC(C)c1c(C)ccc(C)c1O. The maximum atomic E-state index is 9.84. The summed E-state index contributed by atoms with van der Waals surface area (Å²) in [7, 11) is 1.89. The lowest BCUT2D eigenvalue weighted by Crippen LogP contribution is -2.14. The molecule has 0 aromatic heterocycles. The molecular formula is C11H17NO. The van der Waals surface area contributed by atoms with E-state index in [2.05, 4.69) is 5.32 Å². The minimum absolute atomic E-state index is 0.194. The van der Waals surface area contributed by atoms with E-state index in [0.717, 1.165) is 16.7 Å². The van der Waals surface area contributed by atoms with Gasteiger partial charge in [-0.2, -0.15) is 0 Å². The molecule has 0 amide bonds. The van der Waals surface area contributed by atoms with Crippen molar-refractivity contribution in [3.8, 4) is 5.75 Å². The van der Waals surface area contributed by atoms with Crippen LogP contribution in [0.5, 0.6) is 5.75 Å². The fourth-order valence-corrected chi connectivity index (χ4v) is 1.51. The average molecular weight is 179 g/mol. The van der Waals surface area contributed by atoms with Gasteiger partial charge in [0.2, 0.25) is 0 Å². The number of aryl methyl sites for hydroxylation is 2. The lowest BCUT2D eigenvalue weighted by molar-refractivity contribution is 0.453. The van der Waals surface area contributed by atoms with Gasteiger partial charge in [0, 0.05) is 11.6 Å². The van der Waals surface area contributed by atoms with E-state index >= 15 is 0 Å². The van der Waals surface area contributed by atoms with Crippen molar-refractivity contribution in [3.05, 3.63) is 28.8 Å². The van der Waals surface area contributed by atoms with Crippen LogP contribution >= 0.6 is 0 Å². The first-order valence-corrected chi connectivity index (χ1v) is 4.54. The number of hydrogen-bond acceptors (Lipinski definition) is 2. The van der Waals surface area contributed by atoms with Crippen LogP contribution in [0.15, 0.2) is 12.1 Å². The van der Waals surface area contributed by atoms with Crippen LogP contribution < -0.4 is 5.32 Å². The molecule has 1 aromatic rings. The van der Waals surface area contributed by atoms with Gasteiger partial charge in [0.25, 0.3) is 0 Å². The summed E-state index contributed by atoms with van der Waals surface area (Å²) < 4.78 is 0. The van der Waals surface area contributed by atoms with Crippen molar-refractivity contribution in [1.82, 2.24) is 5.32 Å². The van der Waals surface area contributed by atoms with Crippen LogP contribution in [-0.2, 0) is 0 Å². The van der Waals surface area contributed by atoms with Crippen LogP contribution in [0, 0.1) is 13.8 Å².